The maximum absolute atomic E-state index is 14.8. The van der Waals surface area contributed by atoms with Gasteiger partial charge in [0.1, 0.15) is 11.6 Å². The smallest absolute Gasteiger partial charge is 0.375 e. The topological polar surface area (TPSA) is 74.0 Å². The summed E-state index contributed by atoms with van der Waals surface area (Å²) in [5, 5.41) is 3.47. The van der Waals surface area contributed by atoms with Gasteiger partial charge in [0.2, 0.25) is 0 Å². The van der Waals surface area contributed by atoms with E-state index < -0.39 is 46.9 Å². The first kappa shape index (κ1) is 25.3. The molecule has 0 unspecified atom stereocenters. The van der Waals surface area contributed by atoms with Gasteiger partial charge in [-0.15, -0.1) is 0 Å². The summed E-state index contributed by atoms with van der Waals surface area (Å²) in [7, 11) is 0. The van der Waals surface area contributed by atoms with Crippen LogP contribution in [-0.4, -0.2) is 47.3 Å². The maximum Gasteiger partial charge on any atom is 0.417 e. The molecule has 2 aromatic carbocycles. The van der Waals surface area contributed by atoms with Gasteiger partial charge in [0.05, 0.1) is 23.0 Å². The molecule has 182 valence electrons. The molecule has 3 N–H and O–H groups in total. The molecule has 2 aromatic rings. The highest BCUT2D eigenvalue weighted by molar-refractivity contribution is 7.80. The number of carbonyl (C=O) groups is 1. The number of nitrogens with one attached hydrogen (secondary N) is 1. The molecule has 3 rings (SSSR count). The van der Waals surface area contributed by atoms with Crippen molar-refractivity contribution < 1.29 is 26.7 Å². The van der Waals surface area contributed by atoms with E-state index in [9.17, 15) is 26.7 Å². The number of anilines is 1. The predicted octanol–water partition coefficient (Wildman–Crippen LogP) is 3.89. The molecule has 0 bridgehead atoms. The van der Waals surface area contributed by atoms with Crippen molar-refractivity contribution in [2.24, 2.45) is 10.8 Å². The van der Waals surface area contributed by atoms with Crippen LogP contribution in [0.5, 0.6) is 0 Å². The number of halogens is 5. The average Bonchev–Trinajstić information content (AvgIpc) is 2.74. The van der Waals surface area contributed by atoms with Gasteiger partial charge in [-0.2, -0.15) is 18.3 Å². The van der Waals surface area contributed by atoms with Crippen LogP contribution in [0.2, 0.25) is 0 Å². The van der Waals surface area contributed by atoms with E-state index in [1.165, 1.54) is 17.0 Å². The predicted molar refractivity (Wildman–Crippen MR) is 123 cm³/mol. The molecule has 0 aromatic heterocycles. The molecule has 1 saturated heterocycles. The van der Waals surface area contributed by atoms with Crippen molar-refractivity contribution in [1.29, 1.82) is 0 Å². The van der Waals surface area contributed by atoms with Crippen LogP contribution in [0.1, 0.15) is 35.3 Å². The van der Waals surface area contributed by atoms with Gasteiger partial charge >= 0.3 is 6.18 Å². The molecule has 0 spiro atoms. The fourth-order valence-corrected chi connectivity index (χ4v) is 4.09. The first-order chi connectivity index (χ1) is 15.9. The number of benzene rings is 2. The van der Waals surface area contributed by atoms with Crippen LogP contribution in [0.15, 0.2) is 41.5 Å². The molecule has 1 amide bonds. The van der Waals surface area contributed by atoms with Gasteiger partial charge in [0, 0.05) is 36.8 Å². The lowest BCUT2D eigenvalue weighted by Crippen LogP contribution is -2.59. The average molecular weight is 500 g/mol. The van der Waals surface area contributed by atoms with E-state index in [4.69, 9.17) is 5.73 Å². The van der Waals surface area contributed by atoms with Crippen LogP contribution in [0.25, 0.3) is 0 Å². The summed E-state index contributed by atoms with van der Waals surface area (Å²) in [6.45, 7) is 3.48. The number of piperazine rings is 1. The van der Waals surface area contributed by atoms with Gasteiger partial charge < -0.3 is 15.5 Å². The number of amides is 1. The molecule has 1 fully saturated rings. The number of hydrazone groups is 1. The maximum atomic E-state index is 14.8. The summed E-state index contributed by atoms with van der Waals surface area (Å²) >= 11 is 4.58. The molecule has 1 aliphatic rings. The number of hydrogen-bond donors (Lipinski definition) is 2. The van der Waals surface area contributed by atoms with Crippen molar-refractivity contribution in [3.63, 3.8) is 0 Å². The van der Waals surface area contributed by atoms with Crippen molar-refractivity contribution >= 4 is 35.1 Å². The molecule has 6 nitrogen and oxygen atoms in total. The van der Waals surface area contributed by atoms with E-state index in [2.05, 4.69) is 22.7 Å². The van der Waals surface area contributed by atoms with E-state index >= 15 is 0 Å². The third kappa shape index (κ3) is 5.44. The lowest BCUT2D eigenvalue weighted by molar-refractivity contribution is -0.138. The lowest BCUT2D eigenvalue weighted by Gasteiger charge is -2.45. The van der Waals surface area contributed by atoms with Crippen LogP contribution in [0, 0.1) is 11.6 Å². The Morgan fingerprint density at radius 3 is 2.35 bits per heavy atom. The molecular weight excluding hydrogens is 477 g/mol. The number of thiocarbonyl (C=S) groups is 1. The van der Waals surface area contributed by atoms with Crippen LogP contribution in [0.4, 0.5) is 27.6 Å². The number of alkyl halides is 3. The van der Waals surface area contributed by atoms with E-state index in [1.807, 2.05) is 0 Å². The van der Waals surface area contributed by atoms with Crippen LogP contribution >= 0.6 is 12.2 Å². The van der Waals surface area contributed by atoms with Gasteiger partial charge in [-0.05, 0) is 44.3 Å². The number of rotatable bonds is 4. The minimum atomic E-state index is -4.68. The van der Waals surface area contributed by atoms with E-state index in [0.717, 1.165) is 30.5 Å². The molecular formula is C22H22F5N5OS. The highest BCUT2D eigenvalue weighted by Crippen LogP contribution is 2.34. The molecule has 2 atom stereocenters. The number of hydrogen-bond acceptors (Lipinski definition) is 4. The summed E-state index contributed by atoms with van der Waals surface area (Å²) in [5.74, 6) is -2.24. The number of nitrogens with zero attached hydrogens (tertiary/aromatic N) is 3. The largest absolute Gasteiger partial charge is 0.417 e. The lowest BCUT2D eigenvalue weighted by atomic mass is 10.0. The molecule has 0 aliphatic carbocycles. The molecule has 0 saturated carbocycles. The minimum Gasteiger partial charge on any atom is -0.375 e. The SMILES string of the molecule is C[C@@H]1CN(c2cc(F)c(/C=N/NC(N)=S)cc2F)C[C@H](C)N1C(=O)c1ccccc1C(F)(F)F. The van der Waals surface area contributed by atoms with Crippen molar-refractivity contribution in [3.8, 4) is 0 Å². The van der Waals surface area contributed by atoms with Crippen molar-refractivity contribution in [2.75, 3.05) is 18.0 Å². The Balaban J connectivity index is 1.83. The zero-order valence-electron chi connectivity index (χ0n) is 18.2. The Morgan fingerprint density at radius 2 is 1.76 bits per heavy atom. The molecule has 1 aliphatic heterocycles. The van der Waals surface area contributed by atoms with Gasteiger partial charge in [0.25, 0.3) is 5.91 Å². The second-order valence-electron chi connectivity index (χ2n) is 7.92. The van der Waals surface area contributed by atoms with Crippen molar-refractivity contribution in [1.82, 2.24) is 10.3 Å². The second kappa shape index (κ2) is 9.92. The number of carbonyl (C=O) groups excluding carboxylic acids is 1. The molecule has 1 heterocycles. The number of nitrogens with two attached hydrogens (primary N) is 1. The zero-order valence-corrected chi connectivity index (χ0v) is 19.1. The molecule has 34 heavy (non-hydrogen) atoms. The summed E-state index contributed by atoms with van der Waals surface area (Å²) in [4.78, 5) is 16.0. The van der Waals surface area contributed by atoms with Gasteiger partial charge in [-0.3, -0.25) is 10.2 Å². The summed E-state index contributed by atoms with van der Waals surface area (Å²) in [5.41, 5.74) is 5.83. The van der Waals surface area contributed by atoms with Crippen molar-refractivity contribution in [3.05, 3.63) is 64.7 Å². The fraction of sp³-hybridized carbons (Fsp3) is 0.318. The highest BCUT2D eigenvalue weighted by Gasteiger charge is 2.39. The Morgan fingerprint density at radius 1 is 1.15 bits per heavy atom. The highest BCUT2D eigenvalue weighted by atomic mass is 32.1. The van der Waals surface area contributed by atoms with Crippen LogP contribution in [-0.2, 0) is 6.18 Å². The first-order valence-electron chi connectivity index (χ1n) is 10.2. The van der Waals surface area contributed by atoms with Gasteiger partial charge in [0.15, 0.2) is 5.11 Å². The minimum absolute atomic E-state index is 0.0292. The standard InChI is InChI=1S/C22H22F5N5OS/c1-12-10-31(19-8-17(23)14(7-18(19)24)9-29-30-21(28)34)11-13(2)32(12)20(33)15-5-3-4-6-16(15)22(25,26)27/h3-9,12-13H,10-11H2,1-2H3,(H3,28,30,34)/b29-9+/t12-,13+. The van der Waals surface area contributed by atoms with Crippen LogP contribution in [0.3, 0.4) is 0 Å². The summed E-state index contributed by atoms with van der Waals surface area (Å²) in [6.07, 6.45) is -3.65. The third-order valence-electron chi connectivity index (χ3n) is 5.40. The molecule has 0 radical (unpaired) electrons. The second-order valence-corrected chi connectivity index (χ2v) is 8.36. The summed E-state index contributed by atoms with van der Waals surface area (Å²) in [6, 6.07) is 5.41. The first-order valence-corrected chi connectivity index (χ1v) is 10.6. The van der Waals surface area contributed by atoms with Gasteiger partial charge in [-0.25, -0.2) is 8.78 Å². The Kier molecular flexibility index (Phi) is 7.39. The van der Waals surface area contributed by atoms with E-state index in [1.54, 1.807) is 18.7 Å². The molecule has 12 heteroatoms. The Labute approximate surface area is 198 Å². The zero-order chi connectivity index (χ0) is 25.2. The normalized spacial score (nSPS) is 18.9. The fourth-order valence-electron chi connectivity index (χ4n) is 4.03. The van der Waals surface area contributed by atoms with Gasteiger partial charge in [-0.1, -0.05) is 12.1 Å². The Bertz CT molecular complexity index is 1110. The van der Waals surface area contributed by atoms with Crippen molar-refractivity contribution in [2.45, 2.75) is 32.1 Å². The van der Waals surface area contributed by atoms with E-state index in [-0.39, 0.29) is 29.5 Å². The quantitative estimate of drug-likeness (QED) is 0.289. The third-order valence-corrected chi connectivity index (χ3v) is 5.49. The van der Waals surface area contributed by atoms with Crippen LogP contribution < -0.4 is 16.1 Å². The van der Waals surface area contributed by atoms with E-state index in [0.29, 0.717) is 0 Å². The monoisotopic (exact) mass is 499 g/mol. The Hall–Kier alpha value is -3.28. The summed E-state index contributed by atoms with van der Waals surface area (Å²) < 4.78 is 69.6.